The summed E-state index contributed by atoms with van der Waals surface area (Å²) in [5, 5.41) is 3.14. The van der Waals surface area contributed by atoms with Crippen LogP contribution in [0.2, 0.25) is 0 Å². The van der Waals surface area contributed by atoms with E-state index in [2.05, 4.69) is 5.32 Å². The Bertz CT molecular complexity index is 394. The highest BCUT2D eigenvalue weighted by molar-refractivity contribution is 5.31. The van der Waals surface area contributed by atoms with Gasteiger partial charge in [-0.05, 0) is 24.7 Å². The first-order chi connectivity index (χ1) is 8.74. The molecular formula is C13H18FNO3. The standard InChI is InChI=1S/C13H18FNO3/c1-15-11(8-13-17-5-6-18-13)9-3-4-12(16-2)10(14)7-9/h3-4,7,11,13,15H,5-6,8H2,1-2H3. The van der Waals surface area contributed by atoms with Gasteiger partial charge in [0.1, 0.15) is 0 Å². The first kappa shape index (κ1) is 13.3. The molecule has 1 atom stereocenters. The van der Waals surface area contributed by atoms with Crippen LogP contribution in [0.3, 0.4) is 0 Å². The quantitative estimate of drug-likeness (QED) is 0.871. The highest BCUT2D eigenvalue weighted by atomic mass is 19.1. The Balaban J connectivity index is 2.08. The van der Waals surface area contributed by atoms with Crippen LogP contribution in [0.5, 0.6) is 5.75 Å². The Morgan fingerprint density at radius 1 is 1.44 bits per heavy atom. The average molecular weight is 255 g/mol. The number of halogens is 1. The Morgan fingerprint density at radius 2 is 2.17 bits per heavy atom. The number of benzene rings is 1. The molecule has 1 aromatic rings. The first-order valence-electron chi connectivity index (χ1n) is 5.98. The highest BCUT2D eigenvalue weighted by Crippen LogP contribution is 2.26. The summed E-state index contributed by atoms with van der Waals surface area (Å²) < 4.78 is 29.3. The molecule has 0 amide bonds. The maximum Gasteiger partial charge on any atom is 0.165 e. The van der Waals surface area contributed by atoms with Gasteiger partial charge in [-0.25, -0.2) is 4.39 Å². The van der Waals surface area contributed by atoms with Gasteiger partial charge in [0.2, 0.25) is 0 Å². The molecule has 0 spiro atoms. The molecule has 100 valence electrons. The van der Waals surface area contributed by atoms with Gasteiger partial charge in [0, 0.05) is 12.5 Å². The molecule has 0 bridgehead atoms. The lowest BCUT2D eigenvalue weighted by molar-refractivity contribution is -0.0526. The van der Waals surface area contributed by atoms with Crippen LogP contribution in [0.4, 0.5) is 4.39 Å². The number of hydrogen-bond acceptors (Lipinski definition) is 4. The number of hydrogen-bond donors (Lipinski definition) is 1. The van der Waals surface area contributed by atoms with E-state index < -0.39 is 0 Å². The van der Waals surface area contributed by atoms with E-state index in [1.54, 1.807) is 6.07 Å². The molecule has 0 aliphatic carbocycles. The molecular weight excluding hydrogens is 237 g/mol. The van der Waals surface area contributed by atoms with Crippen molar-refractivity contribution in [3.63, 3.8) is 0 Å². The van der Waals surface area contributed by atoms with Crippen LogP contribution in [-0.4, -0.2) is 33.7 Å². The second-order valence-electron chi connectivity index (χ2n) is 4.14. The normalized spacial score (nSPS) is 17.9. The van der Waals surface area contributed by atoms with Gasteiger partial charge in [-0.3, -0.25) is 0 Å². The molecule has 0 radical (unpaired) electrons. The fraction of sp³-hybridized carbons (Fsp3) is 0.538. The summed E-state index contributed by atoms with van der Waals surface area (Å²) in [4.78, 5) is 0. The lowest BCUT2D eigenvalue weighted by atomic mass is 10.0. The van der Waals surface area contributed by atoms with Gasteiger partial charge >= 0.3 is 0 Å². The zero-order chi connectivity index (χ0) is 13.0. The van der Waals surface area contributed by atoms with E-state index in [-0.39, 0.29) is 23.9 Å². The molecule has 1 aromatic carbocycles. The Morgan fingerprint density at radius 3 is 2.72 bits per heavy atom. The number of rotatable bonds is 5. The largest absolute Gasteiger partial charge is 0.494 e. The number of nitrogens with one attached hydrogen (secondary N) is 1. The van der Waals surface area contributed by atoms with Crippen molar-refractivity contribution in [3.05, 3.63) is 29.6 Å². The van der Waals surface area contributed by atoms with Crippen molar-refractivity contribution in [1.29, 1.82) is 0 Å². The van der Waals surface area contributed by atoms with Gasteiger partial charge < -0.3 is 19.5 Å². The smallest absolute Gasteiger partial charge is 0.165 e. The summed E-state index contributed by atoms with van der Waals surface area (Å²) in [5.74, 6) is -0.106. The van der Waals surface area contributed by atoms with Crippen LogP contribution >= 0.6 is 0 Å². The van der Waals surface area contributed by atoms with Crippen LogP contribution in [-0.2, 0) is 9.47 Å². The van der Waals surface area contributed by atoms with Gasteiger partial charge in [0.25, 0.3) is 0 Å². The average Bonchev–Trinajstić information content (AvgIpc) is 2.88. The third-order valence-corrected chi connectivity index (χ3v) is 3.05. The minimum Gasteiger partial charge on any atom is -0.494 e. The number of ether oxygens (including phenoxy) is 3. The van der Waals surface area contributed by atoms with Crippen LogP contribution in [0.15, 0.2) is 18.2 Å². The molecule has 4 nitrogen and oxygen atoms in total. The predicted molar refractivity (Wildman–Crippen MR) is 65.1 cm³/mol. The molecule has 0 aromatic heterocycles. The molecule has 5 heteroatoms. The predicted octanol–water partition coefficient (Wildman–Crippen LogP) is 1.86. The van der Waals surface area contributed by atoms with Gasteiger partial charge in [-0.1, -0.05) is 6.07 Å². The van der Waals surface area contributed by atoms with Crippen molar-refractivity contribution in [2.75, 3.05) is 27.4 Å². The summed E-state index contributed by atoms with van der Waals surface area (Å²) in [6.07, 6.45) is 0.440. The van der Waals surface area contributed by atoms with Gasteiger partial charge in [-0.15, -0.1) is 0 Å². The van der Waals surface area contributed by atoms with Crippen LogP contribution in [0.1, 0.15) is 18.0 Å². The van der Waals surface area contributed by atoms with E-state index in [9.17, 15) is 4.39 Å². The van der Waals surface area contributed by atoms with Crippen molar-refractivity contribution in [2.45, 2.75) is 18.8 Å². The molecule has 1 N–H and O–H groups in total. The van der Waals surface area contributed by atoms with E-state index in [1.165, 1.54) is 13.2 Å². The minimum absolute atomic E-state index is 0.00601. The van der Waals surface area contributed by atoms with Crippen molar-refractivity contribution < 1.29 is 18.6 Å². The van der Waals surface area contributed by atoms with Crippen molar-refractivity contribution >= 4 is 0 Å². The van der Waals surface area contributed by atoms with Crippen LogP contribution < -0.4 is 10.1 Å². The maximum atomic E-state index is 13.6. The SMILES string of the molecule is CNC(CC1OCCO1)c1ccc(OC)c(F)c1. The monoisotopic (exact) mass is 255 g/mol. The zero-order valence-electron chi connectivity index (χ0n) is 10.6. The molecule has 1 fully saturated rings. The minimum atomic E-state index is -0.358. The summed E-state index contributed by atoms with van der Waals surface area (Å²) >= 11 is 0. The summed E-state index contributed by atoms with van der Waals surface area (Å²) in [7, 11) is 3.29. The molecule has 1 unspecified atom stereocenters. The third kappa shape index (κ3) is 2.98. The topological polar surface area (TPSA) is 39.7 Å². The summed E-state index contributed by atoms with van der Waals surface area (Å²) in [6.45, 7) is 1.25. The molecule has 1 saturated heterocycles. The van der Waals surface area contributed by atoms with Crippen molar-refractivity contribution in [3.8, 4) is 5.75 Å². The first-order valence-corrected chi connectivity index (χ1v) is 5.98. The lowest BCUT2D eigenvalue weighted by Gasteiger charge is -2.20. The number of methoxy groups -OCH3 is 1. The second kappa shape index (κ2) is 6.13. The lowest BCUT2D eigenvalue weighted by Crippen LogP contribution is -2.23. The van der Waals surface area contributed by atoms with Crippen LogP contribution in [0.25, 0.3) is 0 Å². The van der Waals surface area contributed by atoms with Gasteiger partial charge in [0.15, 0.2) is 17.9 Å². The van der Waals surface area contributed by atoms with E-state index in [4.69, 9.17) is 14.2 Å². The van der Waals surface area contributed by atoms with Crippen LogP contribution in [0, 0.1) is 5.82 Å². The summed E-state index contributed by atoms with van der Waals surface area (Å²) in [5.41, 5.74) is 0.856. The van der Waals surface area contributed by atoms with E-state index in [1.807, 2.05) is 13.1 Å². The zero-order valence-corrected chi connectivity index (χ0v) is 10.6. The molecule has 1 aliphatic heterocycles. The summed E-state index contributed by atoms with van der Waals surface area (Å²) in [6, 6.07) is 4.95. The molecule has 1 aliphatic rings. The molecule has 1 heterocycles. The molecule has 18 heavy (non-hydrogen) atoms. The van der Waals surface area contributed by atoms with Crippen molar-refractivity contribution in [2.24, 2.45) is 0 Å². The molecule has 2 rings (SSSR count). The fourth-order valence-corrected chi connectivity index (χ4v) is 2.06. The van der Waals surface area contributed by atoms with E-state index in [0.29, 0.717) is 19.6 Å². The Labute approximate surface area is 106 Å². The second-order valence-corrected chi connectivity index (χ2v) is 4.14. The fourth-order valence-electron chi connectivity index (χ4n) is 2.06. The van der Waals surface area contributed by atoms with Crippen molar-refractivity contribution in [1.82, 2.24) is 5.32 Å². The highest BCUT2D eigenvalue weighted by Gasteiger charge is 2.22. The Hall–Kier alpha value is -1.17. The van der Waals surface area contributed by atoms with E-state index in [0.717, 1.165) is 5.56 Å². The Kier molecular flexibility index (Phi) is 4.52. The van der Waals surface area contributed by atoms with Gasteiger partial charge in [0.05, 0.1) is 20.3 Å². The van der Waals surface area contributed by atoms with Gasteiger partial charge in [-0.2, -0.15) is 0 Å². The van der Waals surface area contributed by atoms with E-state index >= 15 is 0 Å². The third-order valence-electron chi connectivity index (χ3n) is 3.05. The maximum absolute atomic E-state index is 13.6. The molecule has 0 saturated carbocycles.